The number of carbonyl (C=O) groups is 3. The third-order valence-corrected chi connectivity index (χ3v) is 5.25. The van der Waals surface area contributed by atoms with E-state index in [0.717, 1.165) is 24.8 Å². The second-order valence-electron chi connectivity index (χ2n) is 8.94. The van der Waals surface area contributed by atoms with Crippen LogP contribution in [-0.2, 0) is 14.3 Å². The topological polar surface area (TPSA) is 87.7 Å². The van der Waals surface area contributed by atoms with Crippen LogP contribution in [0.3, 0.4) is 0 Å². The number of amides is 3. The van der Waals surface area contributed by atoms with E-state index >= 15 is 0 Å². The Hall–Kier alpha value is -2.74. The highest BCUT2D eigenvalue weighted by molar-refractivity contribution is 7.80. The van der Waals surface area contributed by atoms with E-state index in [1.807, 2.05) is 18.2 Å². The molecular formula is C26H39N3O4S. The molecular weight excluding hydrogens is 450 g/mol. The minimum atomic E-state index is -0.990. The Labute approximate surface area is 209 Å². The fourth-order valence-electron chi connectivity index (χ4n) is 3.31. The molecule has 0 saturated carbocycles. The van der Waals surface area contributed by atoms with Gasteiger partial charge in [0.2, 0.25) is 11.8 Å². The zero-order valence-corrected chi connectivity index (χ0v) is 21.7. The number of nitrogens with one attached hydrogen (secondary N) is 2. The maximum absolute atomic E-state index is 13.6. The van der Waals surface area contributed by atoms with E-state index in [4.69, 9.17) is 4.74 Å². The van der Waals surface area contributed by atoms with Crippen LogP contribution < -0.4 is 10.6 Å². The maximum atomic E-state index is 13.6. The lowest BCUT2D eigenvalue weighted by molar-refractivity contribution is -0.141. The molecule has 8 heteroatoms. The number of ether oxygens (including phenoxy) is 1. The first-order chi connectivity index (χ1) is 16.1. The first-order valence-electron chi connectivity index (χ1n) is 11.6. The Morgan fingerprint density at radius 2 is 1.91 bits per heavy atom. The van der Waals surface area contributed by atoms with Crippen molar-refractivity contribution in [3.05, 3.63) is 54.6 Å². The van der Waals surface area contributed by atoms with Crippen molar-refractivity contribution >= 4 is 36.6 Å². The van der Waals surface area contributed by atoms with E-state index in [2.05, 4.69) is 43.3 Å². The monoisotopic (exact) mass is 489 g/mol. The predicted octanol–water partition coefficient (Wildman–Crippen LogP) is 4.51. The van der Waals surface area contributed by atoms with Gasteiger partial charge in [-0.2, -0.15) is 12.6 Å². The number of hydrogen-bond acceptors (Lipinski definition) is 5. The van der Waals surface area contributed by atoms with Gasteiger partial charge in [0, 0.05) is 18.8 Å². The van der Waals surface area contributed by atoms with Gasteiger partial charge in [-0.3, -0.25) is 9.59 Å². The summed E-state index contributed by atoms with van der Waals surface area (Å²) in [6.07, 6.45) is 5.37. The van der Waals surface area contributed by atoms with Gasteiger partial charge in [-0.1, -0.05) is 56.7 Å². The molecule has 2 atom stereocenters. The van der Waals surface area contributed by atoms with Crippen LogP contribution in [0.5, 0.6) is 0 Å². The molecule has 0 bridgehead atoms. The number of benzene rings is 1. The lowest BCUT2D eigenvalue weighted by Gasteiger charge is -2.33. The Bertz CT molecular complexity index is 851. The van der Waals surface area contributed by atoms with Gasteiger partial charge in [0.1, 0.15) is 17.7 Å². The summed E-state index contributed by atoms with van der Waals surface area (Å²) in [6, 6.07) is 5.39. The molecule has 3 amide bonds. The standard InChI is InChI=1S/C26H39N3O4S/c1-7-10-11-15-27-23(30)22(20-14-12-13-19(9-3)17-20)29(16-8-2)24(31)21(18-34)28-25(32)33-26(4,5)6/h8-9,12-14,17,21-22,34H,2-3,7,10-11,15-16,18H2,1,4-6H3,(H,27,30)(H,28,32). The van der Waals surface area contributed by atoms with Crippen molar-refractivity contribution in [3.8, 4) is 0 Å². The summed E-state index contributed by atoms with van der Waals surface area (Å²) in [5, 5.41) is 5.53. The van der Waals surface area contributed by atoms with Crippen molar-refractivity contribution < 1.29 is 19.1 Å². The second-order valence-corrected chi connectivity index (χ2v) is 9.30. The average molecular weight is 490 g/mol. The molecule has 0 aromatic heterocycles. The molecule has 0 aliphatic rings. The van der Waals surface area contributed by atoms with Crippen LogP contribution >= 0.6 is 12.6 Å². The van der Waals surface area contributed by atoms with Crippen molar-refractivity contribution in [1.29, 1.82) is 0 Å². The first-order valence-corrected chi connectivity index (χ1v) is 12.2. The lowest BCUT2D eigenvalue weighted by Crippen LogP contribution is -2.53. The quantitative estimate of drug-likeness (QED) is 0.216. The second kappa shape index (κ2) is 14.5. The molecule has 0 saturated heterocycles. The van der Waals surface area contributed by atoms with Crippen molar-refractivity contribution in [2.75, 3.05) is 18.8 Å². The highest BCUT2D eigenvalue weighted by Crippen LogP contribution is 2.24. The van der Waals surface area contributed by atoms with Crippen LogP contribution in [0.4, 0.5) is 4.79 Å². The minimum Gasteiger partial charge on any atom is -0.444 e. The van der Waals surface area contributed by atoms with Crippen LogP contribution in [0.25, 0.3) is 6.08 Å². The number of rotatable bonds is 13. The number of unbranched alkanes of at least 4 members (excludes halogenated alkanes) is 2. The van der Waals surface area contributed by atoms with Gasteiger partial charge in [-0.25, -0.2) is 4.79 Å². The van der Waals surface area contributed by atoms with Gasteiger partial charge in [-0.05, 0) is 44.4 Å². The molecule has 2 N–H and O–H groups in total. The van der Waals surface area contributed by atoms with Crippen LogP contribution in [0, 0.1) is 0 Å². The summed E-state index contributed by atoms with van der Waals surface area (Å²) in [4.78, 5) is 40.7. The molecule has 7 nitrogen and oxygen atoms in total. The third-order valence-electron chi connectivity index (χ3n) is 4.88. The van der Waals surface area contributed by atoms with E-state index in [1.165, 1.54) is 4.90 Å². The molecule has 1 rings (SSSR count). The number of hydrogen-bond donors (Lipinski definition) is 3. The van der Waals surface area contributed by atoms with Crippen molar-refractivity contribution in [1.82, 2.24) is 15.5 Å². The van der Waals surface area contributed by atoms with Gasteiger partial charge in [0.05, 0.1) is 0 Å². The summed E-state index contributed by atoms with van der Waals surface area (Å²) in [7, 11) is 0. The molecule has 0 aliphatic heterocycles. The molecule has 0 fully saturated rings. The molecule has 0 spiro atoms. The molecule has 188 valence electrons. The van der Waals surface area contributed by atoms with Crippen LogP contribution in [0.1, 0.15) is 64.1 Å². The smallest absolute Gasteiger partial charge is 0.408 e. The molecule has 1 aromatic rings. The van der Waals surface area contributed by atoms with Gasteiger partial charge < -0.3 is 20.3 Å². The molecule has 0 heterocycles. The summed E-state index contributed by atoms with van der Waals surface area (Å²) < 4.78 is 5.29. The van der Waals surface area contributed by atoms with Gasteiger partial charge in [0.25, 0.3) is 0 Å². The average Bonchev–Trinajstić information content (AvgIpc) is 2.78. The Morgan fingerprint density at radius 1 is 1.21 bits per heavy atom. The summed E-state index contributed by atoms with van der Waals surface area (Å²) in [6.45, 7) is 15.5. The zero-order chi connectivity index (χ0) is 25.7. The lowest BCUT2D eigenvalue weighted by atomic mass is 10.0. The summed E-state index contributed by atoms with van der Waals surface area (Å²) >= 11 is 4.27. The Morgan fingerprint density at radius 3 is 2.47 bits per heavy atom. The summed E-state index contributed by atoms with van der Waals surface area (Å²) in [5.41, 5.74) is 0.738. The van der Waals surface area contributed by atoms with Gasteiger partial charge in [-0.15, -0.1) is 6.58 Å². The Kier molecular flexibility index (Phi) is 12.5. The van der Waals surface area contributed by atoms with E-state index in [9.17, 15) is 14.4 Å². The maximum Gasteiger partial charge on any atom is 0.408 e. The normalized spacial score (nSPS) is 12.7. The van der Waals surface area contributed by atoms with E-state index < -0.39 is 29.7 Å². The Balaban J connectivity index is 3.30. The van der Waals surface area contributed by atoms with E-state index in [0.29, 0.717) is 12.1 Å². The number of nitrogens with zero attached hydrogens (tertiary/aromatic N) is 1. The van der Waals surface area contributed by atoms with Crippen molar-refractivity contribution in [3.63, 3.8) is 0 Å². The number of carbonyl (C=O) groups excluding carboxylic acids is 3. The van der Waals surface area contributed by atoms with Gasteiger partial charge in [0.15, 0.2) is 0 Å². The highest BCUT2D eigenvalue weighted by atomic mass is 32.1. The van der Waals surface area contributed by atoms with Crippen LogP contribution in [0.2, 0.25) is 0 Å². The molecule has 2 unspecified atom stereocenters. The molecule has 1 aromatic carbocycles. The highest BCUT2D eigenvalue weighted by Gasteiger charge is 2.35. The van der Waals surface area contributed by atoms with E-state index in [1.54, 1.807) is 39.0 Å². The van der Waals surface area contributed by atoms with Crippen LogP contribution in [0.15, 0.2) is 43.5 Å². The molecule has 0 radical (unpaired) electrons. The van der Waals surface area contributed by atoms with E-state index in [-0.39, 0.29) is 18.2 Å². The SMILES string of the molecule is C=CCN(C(=O)C(CS)NC(=O)OC(C)(C)C)C(C(=O)NCCCCC)c1cccc(C=C)c1. The fraction of sp³-hybridized carbons (Fsp3) is 0.500. The van der Waals surface area contributed by atoms with Gasteiger partial charge >= 0.3 is 6.09 Å². The third kappa shape index (κ3) is 9.63. The molecule has 0 aliphatic carbocycles. The fourth-order valence-corrected chi connectivity index (χ4v) is 3.56. The predicted molar refractivity (Wildman–Crippen MR) is 141 cm³/mol. The number of alkyl carbamates (subject to hydrolysis) is 1. The van der Waals surface area contributed by atoms with Crippen LogP contribution in [-0.4, -0.2) is 53.3 Å². The van der Waals surface area contributed by atoms with Crippen molar-refractivity contribution in [2.24, 2.45) is 0 Å². The largest absolute Gasteiger partial charge is 0.444 e. The van der Waals surface area contributed by atoms with Crippen molar-refractivity contribution in [2.45, 2.75) is 64.6 Å². The summed E-state index contributed by atoms with van der Waals surface area (Å²) in [5.74, 6) is -0.732. The zero-order valence-electron chi connectivity index (χ0n) is 20.8. The first kappa shape index (κ1) is 29.3. The number of thiol groups is 1. The minimum absolute atomic E-state index is 0.0310. The molecule has 34 heavy (non-hydrogen) atoms.